The molecule has 8 nitrogen and oxygen atoms in total. The Kier molecular flexibility index (Phi) is 4.88. The maximum atomic E-state index is 14.6. The first-order chi connectivity index (χ1) is 16.9. The van der Waals surface area contributed by atoms with Crippen LogP contribution in [0.4, 0.5) is 14.6 Å². The summed E-state index contributed by atoms with van der Waals surface area (Å²) in [6.45, 7) is 0. The number of nitrogens with zero attached hydrogens (tertiary/aromatic N) is 5. The van der Waals surface area contributed by atoms with Crippen LogP contribution in [0.15, 0.2) is 73.6 Å². The van der Waals surface area contributed by atoms with Crippen molar-refractivity contribution < 1.29 is 17.2 Å². The van der Waals surface area contributed by atoms with Crippen molar-refractivity contribution in [2.45, 2.75) is 18.1 Å². The van der Waals surface area contributed by atoms with Gasteiger partial charge in [-0.25, -0.2) is 32.2 Å². The lowest BCUT2D eigenvalue weighted by molar-refractivity contribution is 0.585. The maximum Gasteiger partial charge on any atom is 0.236 e. The summed E-state index contributed by atoms with van der Waals surface area (Å²) in [6, 6.07) is 11.9. The average Bonchev–Trinajstić information content (AvgIpc) is 3.39. The lowest BCUT2D eigenvalue weighted by atomic mass is 10.1. The molecule has 176 valence electrons. The Morgan fingerprint density at radius 3 is 2.60 bits per heavy atom. The van der Waals surface area contributed by atoms with Crippen molar-refractivity contribution in [1.82, 2.24) is 24.1 Å². The zero-order chi connectivity index (χ0) is 24.2. The second-order valence-electron chi connectivity index (χ2n) is 8.33. The van der Waals surface area contributed by atoms with Crippen LogP contribution in [-0.2, 0) is 10.0 Å². The van der Waals surface area contributed by atoms with E-state index in [2.05, 4.69) is 19.7 Å². The zero-order valence-corrected chi connectivity index (χ0v) is 19.0. The Labute approximate surface area is 199 Å². The summed E-state index contributed by atoms with van der Waals surface area (Å²) in [6.07, 6.45) is 7.91. The van der Waals surface area contributed by atoms with Gasteiger partial charge in [0.05, 0.1) is 22.6 Å². The molecule has 1 saturated carbocycles. The van der Waals surface area contributed by atoms with Gasteiger partial charge in [-0.2, -0.15) is 0 Å². The van der Waals surface area contributed by atoms with Gasteiger partial charge >= 0.3 is 0 Å². The van der Waals surface area contributed by atoms with Crippen LogP contribution in [0.3, 0.4) is 0 Å². The van der Waals surface area contributed by atoms with Gasteiger partial charge in [0.25, 0.3) is 0 Å². The highest BCUT2D eigenvalue weighted by Gasteiger charge is 2.36. The first-order valence-corrected chi connectivity index (χ1v) is 12.4. The van der Waals surface area contributed by atoms with Gasteiger partial charge in [0, 0.05) is 29.7 Å². The van der Waals surface area contributed by atoms with Crippen molar-refractivity contribution in [3.8, 4) is 22.6 Å². The summed E-state index contributed by atoms with van der Waals surface area (Å²) in [5.41, 5.74) is 2.73. The van der Waals surface area contributed by atoms with Crippen LogP contribution in [0.1, 0.15) is 12.8 Å². The van der Waals surface area contributed by atoms with E-state index in [0.717, 1.165) is 17.8 Å². The van der Waals surface area contributed by atoms with Gasteiger partial charge < -0.3 is 4.57 Å². The van der Waals surface area contributed by atoms with E-state index >= 15 is 0 Å². The lowest BCUT2D eigenvalue weighted by Crippen LogP contribution is -2.18. The molecule has 0 bridgehead atoms. The number of rotatable bonds is 6. The van der Waals surface area contributed by atoms with Crippen molar-refractivity contribution in [3.63, 3.8) is 0 Å². The van der Waals surface area contributed by atoms with Crippen molar-refractivity contribution in [2.75, 3.05) is 4.72 Å². The summed E-state index contributed by atoms with van der Waals surface area (Å²) in [4.78, 5) is 13.0. The van der Waals surface area contributed by atoms with Crippen LogP contribution in [0.25, 0.3) is 33.7 Å². The molecule has 3 aromatic heterocycles. The molecule has 6 rings (SSSR count). The van der Waals surface area contributed by atoms with Crippen LogP contribution in [0, 0.1) is 11.6 Å². The average molecular weight is 493 g/mol. The Bertz CT molecular complexity index is 1680. The molecule has 1 aliphatic carbocycles. The standard InChI is InChI=1S/C24H18F2N6O2S/c25-16-1-5-19(20(26)11-16)15-9-23(30-35(33,34)18-3-4-18)29-24(10-15)32-14-28-21-12-17(2-6-22(21)32)31-8-7-27-13-31/h1-2,5-14,18H,3-4H2,(H,29,30). The molecule has 0 amide bonds. The Balaban J connectivity index is 1.49. The van der Waals surface area contributed by atoms with Gasteiger partial charge in [-0.3, -0.25) is 9.29 Å². The Morgan fingerprint density at radius 2 is 1.86 bits per heavy atom. The number of pyridine rings is 1. The monoisotopic (exact) mass is 492 g/mol. The molecule has 1 aliphatic rings. The molecule has 0 aliphatic heterocycles. The molecule has 2 aromatic carbocycles. The number of fused-ring (bicyclic) bond motifs is 1. The number of aromatic nitrogens is 5. The Morgan fingerprint density at radius 1 is 1.00 bits per heavy atom. The highest BCUT2D eigenvalue weighted by Crippen LogP contribution is 2.32. The summed E-state index contributed by atoms with van der Waals surface area (Å²) in [5, 5.41) is -0.463. The number of sulfonamides is 1. The minimum atomic E-state index is -3.61. The molecule has 1 fully saturated rings. The molecule has 0 atom stereocenters. The van der Waals surface area contributed by atoms with Crippen LogP contribution in [0.2, 0.25) is 0 Å². The highest BCUT2D eigenvalue weighted by molar-refractivity contribution is 7.93. The van der Waals surface area contributed by atoms with Gasteiger partial charge in [-0.05, 0) is 60.9 Å². The normalized spacial score (nSPS) is 13.9. The number of halogens is 2. The molecule has 1 N–H and O–H groups in total. The van der Waals surface area contributed by atoms with Crippen LogP contribution >= 0.6 is 0 Å². The van der Waals surface area contributed by atoms with E-state index in [1.807, 2.05) is 29.0 Å². The van der Waals surface area contributed by atoms with E-state index in [9.17, 15) is 17.2 Å². The first-order valence-electron chi connectivity index (χ1n) is 10.8. The second kappa shape index (κ2) is 7.98. The van der Waals surface area contributed by atoms with E-state index in [4.69, 9.17) is 0 Å². The first kappa shape index (κ1) is 21.4. The van der Waals surface area contributed by atoms with Gasteiger partial charge in [-0.1, -0.05) is 0 Å². The smallest absolute Gasteiger partial charge is 0.236 e. The minimum absolute atomic E-state index is 0.0463. The van der Waals surface area contributed by atoms with E-state index in [1.54, 1.807) is 29.5 Å². The molecule has 0 saturated heterocycles. The van der Waals surface area contributed by atoms with Gasteiger partial charge in [0.2, 0.25) is 10.0 Å². The fourth-order valence-corrected chi connectivity index (χ4v) is 5.25. The summed E-state index contributed by atoms with van der Waals surface area (Å²) in [5.74, 6) is -1.09. The molecule has 0 spiro atoms. The number of hydrogen-bond acceptors (Lipinski definition) is 5. The summed E-state index contributed by atoms with van der Waals surface area (Å²) >= 11 is 0. The van der Waals surface area contributed by atoms with Crippen LogP contribution < -0.4 is 4.72 Å². The zero-order valence-electron chi connectivity index (χ0n) is 18.1. The number of hydrogen-bond donors (Lipinski definition) is 1. The van der Waals surface area contributed by atoms with E-state index < -0.39 is 26.9 Å². The Hall–Kier alpha value is -4.12. The van der Waals surface area contributed by atoms with E-state index in [0.29, 0.717) is 35.3 Å². The molecule has 0 radical (unpaired) electrons. The third kappa shape index (κ3) is 4.03. The predicted molar refractivity (Wildman–Crippen MR) is 127 cm³/mol. The summed E-state index contributed by atoms with van der Waals surface area (Å²) < 4.78 is 59.3. The van der Waals surface area contributed by atoms with Gasteiger partial charge in [-0.15, -0.1) is 0 Å². The third-order valence-corrected chi connectivity index (χ3v) is 7.69. The molecule has 35 heavy (non-hydrogen) atoms. The van der Waals surface area contributed by atoms with Gasteiger partial charge in [0.15, 0.2) is 0 Å². The van der Waals surface area contributed by atoms with E-state index in [-0.39, 0.29) is 11.4 Å². The quantitative estimate of drug-likeness (QED) is 0.378. The number of nitrogens with one attached hydrogen (secondary N) is 1. The molecule has 3 heterocycles. The highest BCUT2D eigenvalue weighted by atomic mass is 32.2. The molecule has 11 heteroatoms. The fraction of sp³-hybridized carbons (Fsp3) is 0.125. The number of imidazole rings is 2. The molecular weight excluding hydrogens is 474 g/mol. The van der Waals surface area contributed by atoms with Crippen LogP contribution in [0.5, 0.6) is 0 Å². The number of benzene rings is 2. The maximum absolute atomic E-state index is 14.6. The second-order valence-corrected chi connectivity index (χ2v) is 10.3. The third-order valence-electron chi connectivity index (χ3n) is 5.84. The molecular formula is C24H18F2N6O2S. The minimum Gasteiger partial charge on any atom is -0.306 e. The SMILES string of the molecule is O=S(=O)(Nc1cc(-c2ccc(F)cc2F)cc(-n2cnc3cc(-n4ccnc4)ccc32)n1)C1CC1. The van der Waals surface area contributed by atoms with E-state index in [1.165, 1.54) is 12.1 Å². The molecule has 5 aromatic rings. The largest absolute Gasteiger partial charge is 0.306 e. The number of anilines is 1. The summed E-state index contributed by atoms with van der Waals surface area (Å²) in [7, 11) is -3.61. The molecule has 0 unspecified atom stereocenters. The predicted octanol–water partition coefficient (Wildman–Crippen LogP) is 4.46. The fourth-order valence-electron chi connectivity index (χ4n) is 3.93. The van der Waals surface area contributed by atoms with Crippen molar-refractivity contribution in [1.29, 1.82) is 0 Å². The van der Waals surface area contributed by atoms with Gasteiger partial charge in [0.1, 0.15) is 29.6 Å². The van der Waals surface area contributed by atoms with Crippen molar-refractivity contribution in [2.24, 2.45) is 0 Å². The van der Waals surface area contributed by atoms with Crippen molar-refractivity contribution in [3.05, 3.63) is 85.2 Å². The topological polar surface area (TPSA) is 94.7 Å². The lowest BCUT2D eigenvalue weighted by Gasteiger charge is -2.13. The van der Waals surface area contributed by atoms with Crippen molar-refractivity contribution >= 4 is 26.9 Å². The van der Waals surface area contributed by atoms with Crippen LogP contribution in [-0.4, -0.2) is 37.8 Å².